The number of allylic oxidation sites excluding steroid dienone is 2. The van der Waals surface area contributed by atoms with E-state index in [9.17, 15) is 18.4 Å². The van der Waals surface area contributed by atoms with Crippen molar-refractivity contribution >= 4 is 11.6 Å². The molecule has 0 amide bonds. The topological polar surface area (TPSA) is 59.9 Å². The summed E-state index contributed by atoms with van der Waals surface area (Å²) in [5.41, 5.74) is -0.522. The molecule has 0 aliphatic rings. The maximum atomic E-state index is 13.2. The van der Waals surface area contributed by atoms with Crippen molar-refractivity contribution in [1.82, 2.24) is 9.97 Å². The summed E-state index contributed by atoms with van der Waals surface area (Å²) in [4.78, 5) is 30.0. The molecule has 0 aromatic carbocycles. The molecule has 0 spiro atoms. The highest BCUT2D eigenvalue weighted by atomic mass is 19.1. The van der Waals surface area contributed by atoms with E-state index in [1.54, 1.807) is 0 Å². The van der Waals surface area contributed by atoms with E-state index >= 15 is 0 Å². The van der Waals surface area contributed by atoms with Crippen LogP contribution in [0.15, 0.2) is 48.8 Å². The zero-order valence-electron chi connectivity index (χ0n) is 10.1. The van der Waals surface area contributed by atoms with Crippen LogP contribution in [0.5, 0.6) is 0 Å². The Balaban J connectivity index is 2.18. The summed E-state index contributed by atoms with van der Waals surface area (Å²) in [5, 5.41) is 0. The summed E-state index contributed by atoms with van der Waals surface area (Å²) in [5.74, 6) is -3.31. The molecular weight excluding hydrogens is 266 g/mol. The number of ketones is 2. The van der Waals surface area contributed by atoms with Crippen LogP contribution >= 0.6 is 0 Å². The molecule has 6 heteroatoms. The summed E-state index contributed by atoms with van der Waals surface area (Å²) in [6, 6.07) is 5.27. The van der Waals surface area contributed by atoms with Crippen LogP contribution in [0.3, 0.4) is 0 Å². The normalized spacial score (nSPS) is 10.7. The number of aromatic nitrogens is 2. The van der Waals surface area contributed by atoms with Gasteiger partial charge in [0.05, 0.1) is 11.1 Å². The lowest BCUT2D eigenvalue weighted by molar-refractivity contribution is 0.101. The van der Waals surface area contributed by atoms with E-state index in [4.69, 9.17) is 0 Å². The Labute approximate surface area is 112 Å². The molecular formula is C14H8F2N2O2. The van der Waals surface area contributed by atoms with Gasteiger partial charge >= 0.3 is 0 Å². The molecule has 0 atom stereocenters. The summed E-state index contributed by atoms with van der Waals surface area (Å²) < 4.78 is 26.5. The smallest absolute Gasteiger partial charge is 0.224 e. The zero-order valence-corrected chi connectivity index (χ0v) is 10.1. The van der Waals surface area contributed by atoms with Gasteiger partial charge in [0.25, 0.3) is 0 Å². The number of carbonyl (C=O) groups is 2. The van der Waals surface area contributed by atoms with Gasteiger partial charge in [-0.2, -0.15) is 8.78 Å². The SMILES string of the molecule is O=C(C=CC(=O)c1cccnc1F)c1cccnc1F. The lowest BCUT2D eigenvalue weighted by Gasteiger charge is -1.97. The first-order valence-electron chi connectivity index (χ1n) is 5.57. The third-order valence-corrected chi connectivity index (χ3v) is 2.44. The number of halogens is 2. The van der Waals surface area contributed by atoms with Gasteiger partial charge in [-0.15, -0.1) is 0 Å². The van der Waals surface area contributed by atoms with E-state index in [0.29, 0.717) is 0 Å². The molecule has 0 bridgehead atoms. The molecule has 0 aliphatic carbocycles. The highest BCUT2D eigenvalue weighted by molar-refractivity contribution is 6.11. The minimum absolute atomic E-state index is 0.261. The number of hydrogen-bond donors (Lipinski definition) is 0. The van der Waals surface area contributed by atoms with Gasteiger partial charge in [0, 0.05) is 12.4 Å². The van der Waals surface area contributed by atoms with Crippen LogP contribution in [-0.2, 0) is 0 Å². The van der Waals surface area contributed by atoms with Gasteiger partial charge < -0.3 is 0 Å². The minimum atomic E-state index is -0.929. The Bertz CT molecular complexity index is 640. The molecule has 0 saturated carbocycles. The Morgan fingerprint density at radius 2 is 1.25 bits per heavy atom. The molecule has 0 aliphatic heterocycles. The standard InChI is InChI=1S/C14H8F2N2O2/c15-13-9(3-1-7-17-13)11(19)5-6-12(20)10-4-2-8-18-14(10)16/h1-8H. The highest BCUT2D eigenvalue weighted by Crippen LogP contribution is 2.08. The maximum Gasteiger partial charge on any atom is 0.224 e. The van der Waals surface area contributed by atoms with Crippen LogP contribution in [0, 0.1) is 11.9 Å². The molecule has 0 fully saturated rings. The predicted octanol–water partition coefficient (Wildman–Crippen LogP) is 2.38. The number of pyridine rings is 2. The molecule has 2 aromatic rings. The first-order chi connectivity index (χ1) is 9.59. The zero-order chi connectivity index (χ0) is 14.5. The monoisotopic (exact) mass is 274 g/mol. The predicted molar refractivity (Wildman–Crippen MR) is 66.2 cm³/mol. The van der Waals surface area contributed by atoms with Gasteiger partial charge in [-0.3, -0.25) is 9.59 Å². The van der Waals surface area contributed by atoms with Gasteiger partial charge in [-0.1, -0.05) is 0 Å². The van der Waals surface area contributed by atoms with Crippen molar-refractivity contribution in [1.29, 1.82) is 0 Å². The van der Waals surface area contributed by atoms with Crippen LogP contribution in [-0.4, -0.2) is 21.5 Å². The van der Waals surface area contributed by atoms with E-state index in [1.807, 2.05) is 0 Å². The third-order valence-electron chi connectivity index (χ3n) is 2.44. The van der Waals surface area contributed by atoms with Crippen molar-refractivity contribution in [2.24, 2.45) is 0 Å². The Kier molecular flexibility index (Phi) is 4.05. The lowest BCUT2D eigenvalue weighted by atomic mass is 10.1. The van der Waals surface area contributed by atoms with Crippen molar-refractivity contribution in [2.45, 2.75) is 0 Å². The molecule has 2 rings (SSSR count). The Hall–Kier alpha value is -2.76. The van der Waals surface area contributed by atoms with E-state index in [-0.39, 0.29) is 11.1 Å². The number of rotatable bonds is 4. The quantitative estimate of drug-likeness (QED) is 0.488. The molecule has 2 heterocycles. The summed E-state index contributed by atoms with van der Waals surface area (Å²) in [7, 11) is 0. The lowest BCUT2D eigenvalue weighted by Crippen LogP contribution is -2.04. The third kappa shape index (κ3) is 2.97. The average molecular weight is 274 g/mol. The molecule has 100 valence electrons. The van der Waals surface area contributed by atoms with E-state index in [1.165, 1.54) is 36.7 Å². The summed E-state index contributed by atoms with van der Waals surface area (Å²) in [6.45, 7) is 0. The fourth-order valence-corrected chi connectivity index (χ4v) is 1.47. The van der Waals surface area contributed by atoms with E-state index < -0.39 is 23.5 Å². The second kappa shape index (κ2) is 5.92. The van der Waals surface area contributed by atoms with Gasteiger partial charge in [-0.25, -0.2) is 9.97 Å². The number of nitrogens with zero attached hydrogens (tertiary/aromatic N) is 2. The second-order valence-corrected chi connectivity index (χ2v) is 3.75. The summed E-state index contributed by atoms with van der Waals surface area (Å²) >= 11 is 0. The fraction of sp³-hybridized carbons (Fsp3) is 0. The Morgan fingerprint density at radius 1 is 0.850 bits per heavy atom. The van der Waals surface area contributed by atoms with Crippen molar-refractivity contribution in [3.05, 3.63) is 71.8 Å². The van der Waals surface area contributed by atoms with Crippen molar-refractivity contribution in [2.75, 3.05) is 0 Å². The highest BCUT2D eigenvalue weighted by Gasteiger charge is 2.12. The molecule has 0 radical (unpaired) electrons. The van der Waals surface area contributed by atoms with Crippen LogP contribution in [0.4, 0.5) is 8.78 Å². The van der Waals surface area contributed by atoms with Crippen LogP contribution < -0.4 is 0 Å². The fourth-order valence-electron chi connectivity index (χ4n) is 1.47. The molecule has 0 saturated heterocycles. The average Bonchev–Trinajstić information content (AvgIpc) is 2.45. The largest absolute Gasteiger partial charge is 0.289 e. The van der Waals surface area contributed by atoms with Crippen molar-refractivity contribution in [3.8, 4) is 0 Å². The van der Waals surface area contributed by atoms with Crippen LogP contribution in [0.1, 0.15) is 20.7 Å². The number of hydrogen-bond acceptors (Lipinski definition) is 4. The number of carbonyl (C=O) groups excluding carboxylic acids is 2. The van der Waals surface area contributed by atoms with Crippen LogP contribution in [0.25, 0.3) is 0 Å². The van der Waals surface area contributed by atoms with Gasteiger partial charge in [0.2, 0.25) is 11.9 Å². The first-order valence-corrected chi connectivity index (χ1v) is 5.57. The molecule has 4 nitrogen and oxygen atoms in total. The molecule has 0 unspecified atom stereocenters. The molecule has 0 N–H and O–H groups in total. The molecule has 2 aromatic heterocycles. The van der Waals surface area contributed by atoms with Crippen molar-refractivity contribution in [3.63, 3.8) is 0 Å². The Morgan fingerprint density at radius 3 is 1.60 bits per heavy atom. The second-order valence-electron chi connectivity index (χ2n) is 3.75. The maximum absolute atomic E-state index is 13.2. The molecule has 20 heavy (non-hydrogen) atoms. The summed E-state index contributed by atoms with van der Waals surface area (Å²) in [6.07, 6.45) is 4.14. The van der Waals surface area contributed by atoms with Gasteiger partial charge in [-0.05, 0) is 36.4 Å². The minimum Gasteiger partial charge on any atom is -0.289 e. The van der Waals surface area contributed by atoms with E-state index in [2.05, 4.69) is 9.97 Å². The first kappa shape index (κ1) is 13.7. The van der Waals surface area contributed by atoms with Gasteiger partial charge in [0.1, 0.15) is 0 Å². The van der Waals surface area contributed by atoms with Crippen molar-refractivity contribution < 1.29 is 18.4 Å². The van der Waals surface area contributed by atoms with Gasteiger partial charge in [0.15, 0.2) is 11.6 Å². The van der Waals surface area contributed by atoms with Crippen LogP contribution in [0.2, 0.25) is 0 Å². The van der Waals surface area contributed by atoms with E-state index in [0.717, 1.165) is 12.2 Å².